The molecule has 2 N–H and O–H groups in total. The first-order valence-corrected chi connectivity index (χ1v) is 9.50. The molecule has 0 bridgehead atoms. The van der Waals surface area contributed by atoms with Gasteiger partial charge in [-0.1, -0.05) is 18.2 Å². The number of allylic oxidation sites excluding steroid dienone is 3. The van der Waals surface area contributed by atoms with Crippen LogP contribution in [0.5, 0.6) is 11.6 Å². The van der Waals surface area contributed by atoms with E-state index < -0.39 is 17.6 Å². The van der Waals surface area contributed by atoms with Crippen LogP contribution in [0.15, 0.2) is 42.5 Å². The Hall–Kier alpha value is -2.61. The number of hydrogen-bond acceptors (Lipinski definition) is 3. The summed E-state index contributed by atoms with van der Waals surface area (Å²) in [7, 11) is 0. The van der Waals surface area contributed by atoms with Gasteiger partial charge in [-0.2, -0.15) is 17.6 Å². The second-order valence-electron chi connectivity index (χ2n) is 7.51. The molecule has 0 saturated heterocycles. The Kier molecular flexibility index (Phi) is 4.77. The van der Waals surface area contributed by atoms with Gasteiger partial charge in [-0.05, 0) is 61.9 Å². The third-order valence-electron chi connectivity index (χ3n) is 5.47. The van der Waals surface area contributed by atoms with Gasteiger partial charge in [0.25, 0.3) is 5.88 Å². The molecular weight excluding hydrogens is 386 g/mol. The molecule has 2 aliphatic rings. The van der Waals surface area contributed by atoms with Crippen molar-refractivity contribution in [1.29, 1.82) is 0 Å². The first kappa shape index (κ1) is 19.7. The summed E-state index contributed by atoms with van der Waals surface area (Å²) in [6.07, 6.45) is 4.09. The van der Waals surface area contributed by atoms with Crippen molar-refractivity contribution in [3.05, 3.63) is 59.6 Å². The summed E-state index contributed by atoms with van der Waals surface area (Å²) in [4.78, 5) is 0. The van der Waals surface area contributed by atoms with Gasteiger partial charge >= 0.3 is 6.18 Å². The molecular formula is C21H21F4N3O. The number of ether oxygens (including phenoxy) is 1. The van der Waals surface area contributed by atoms with Crippen LogP contribution in [-0.2, 0) is 12.7 Å². The molecule has 0 spiro atoms. The Morgan fingerprint density at radius 1 is 1.24 bits per heavy atom. The van der Waals surface area contributed by atoms with Crippen molar-refractivity contribution in [3.63, 3.8) is 0 Å². The SMILES string of the molecule is CCn1nc(Oc2ccc(C(F)(F)F)cc2)c(F)c1C1=CC(C2(N)CC2)CC=C1. The molecule has 4 rings (SSSR count). The summed E-state index contributed by atoms with van der Waals surface area (Å²) in [6, 6.07) is 4.07. The number of hydrogen-bond donors (Lipinski definition) is 1. The van der Waals surface area contributed by atoms with E-state index >= 15 is 4.39 Å². The normalized spacial score (nSPS) is 20.5. The van der Waals surface area contributed by atoms with E-state index in [1.54, 1.807) is 0 Å². The zero-order valence-corrected chi connectivity index (χ0v) is 15.8. The van der Waals surface area contributed by atoms with Gasteiger partial charge in [0.1, 0.15) is 11.4 Å². The summed E-state index contributed by atoms with van der Waals surface area (Å²) in [6.45, 7) is 2.24. The molecule has 29 heavy (non-hydrogen) atoms. The van der Waals surface area contributed by atoms with Crippen molar-refractivity contribution in [2.75, 3.05) is 0 Å². The molecule has 1 aromatic carbocycles. The van der Waals surface area contributed by atoms with Crippen LogP contribution in [-0.4, -0.2) is 15.3 Å². The van der Waals surface area contributed by atoms with E-state index in [1.165, 1.54) is 4.68 Å². The molecule has 1 heterocycles. The molecule has 154 valence electrons. The molecule has 0 amide bonds. The Morgan fingerprint density at radius 3 is 2.52 bits per heavy atom. The van der Waals surface area contributed by atoms with Crippen molar-refractivity contribution in [2.45, 2.75) is 44.4 Å². The average molecular weight is 407 g/mol. The van der Waals surface area contributed by atoms with Crippen LogP contribution in [0.25, 0.3) is 5.57 Å². The monoisotopic (exact) mass is 407 g/mol. The molecule has 1 aromatic heterocycles. The van der Waals surface area contributed by atoms with Gasteiger partial charge in [0.2, 0.25) is 5.82 Å². The van der Waals surface area contributed by atoms with Crippen molar-refractivity contribution >= 4 is 5.57 Å². The predicted octanol–water partition coefficient (Wildman–Crippen LogP) is 5.30. The van der Waals surface area contributed by atoms with Gasteiger partial charge in [0.15, 0.2) is 0 Å². The number of nitrogens with two attached hydrogens (primary N) is 1. The highest BCUT2D eigenvalue weighted by Crippen LogP contribution is 2.45. The van der Waals surface area contributed by atoms with Crippen molar-refractivity contribution < 1.29 is 22.3 Å². The van der Waals surface area contributed by atoms with E-state index in [4.69, 9.17) is 10.5 Å². The van der Waals surface area contributed by atoms with Crippen LogP contribution in [0.3, 0.4) is 0 Å². The smallest absolute Gasteiger partial charge is 0.416 e. The summed E-state index contributed by atoms with van der Waals surface area (Å²) < 4.78 is 60.2. The quantitative estimate of drug-likeness (QED) is 0.684. The van der Waals surface area contributed by atoms with Crippen LogP contribution < -0.4 is 10.5 Å². The van der Waals surface area contributed by atoms with E-state index in [0.29, 0.717) is 17.8 Å². The molecule has 0 radical (unpaired) electrons. The lowest BCUT2D eigenvalue weighted by atomic mass is 9.87. The van der Waals surface area contributed by atoms with Gasteiger partial charge in [-0.15, -0.1) is 5.10 Å². The lowest BCUT2D eigenvalue weighted by Crippen LogP contribution is -2.31. The number of aromatic nitrogens is 2. The first-order chi connectivity index (χ1) is 13.7. The number of alkyl halides is 3. The number of rotatable bonds is 5. The highest BCUT2D eigenvalue weighted by atomic mass is 19.4. The maximum atomic E-state index is 15.2. The Balaban J connectivity index is 1.63. The number of halogens is 4. The second kappa shape index (κ2) is 7.02. The van der Waals surface area contributed by atoms with E-state index in [2.05, 4.69) is 5.10 Å². The predicted molar refractivity (Wildman–Crippen MR) is 101 cm³/mol. The maximum absolute atomic E-state index is 15.2. The first-order valence-electron chi connectivity index (χ1n) is 9.50. The standard InChI is InChI=1S/C21H21F4N3O/c1-2-28-18(13-4-3-5-15(12-13)20(26)10-11-20)17(22)19(27-28)29-16-8-6-14(7-9-16)21(23,24)25/h3-4,6-9,12,15H,2,5,10-11,26H2,1H3. The lowest BCUT2D eigenvalue weighted by molar-refractivity contribution is -0.137. The van der Waals surface area contributed by atoms with Crippen LogP contribution in [0.4, 0.5) is 17.6 Å². The summed E-state index contributed by atoms with van der Waals surface area (Å²) >= 11 is 0. The molecule has 0 aliphatic heterocycles. The Bertz CT molecular complexity index is 969. The van der Waals surface area contributed by atoms with E-state index in [-0.39, 0.29) is 23.1 Å². The lowest BCUT2D eigenvalue weighted by Gasteiger charge is -2.22. The minimum absolute atomic E-state index is 0.0779. The molecule has 2 aromatic rings. The van der Waals surface area contributed by atoms with Crippen molar-refractivity contribution in [3.8, 4) is 11.6 Å². The van der Waals surface area contributed by atoms with Gasteiger partial charge in [-0.25, -0.2) is 0 Å². The molecule has 1 fully saturated rings. The zero-order valence-electron chi connectivity index (χ0n) is 15.8. The largest absolute Gasteiger partial charge is 0.435 e. The highest BCUT2D eigenvalue weighted by Gasteiger charge is 2.44. The topological polar surface area (TPSA) is 53.1 Å². The summed E-state index contributed by atoms with van der Waals surface area (Å²) in [5, 5.41) is 4.16. The van der Waals surface area contributed by atoms with Gasteiger partial charge in [0, 0.05) is 12.1 Å². The second-order valence-corrected chi connectivity index (χ2v) is 7.51. The van der Waals surface area contributed by atoms with Crippen LogP contribution in [0, 0.1) is 11.7 Å². The zero-order chi connectivity index (χ0) is 20.8. The van der Waals surface area contributed by atoms with Gasteiger partial charge in [0.05, 0.1) is 5.56 Å². The molecule has 1 saturated carbocycles. The van der Waals surface area contributed by atoms with Crippen molar-refractivity contribution in [2.24, 2.45) is 11.7 Å². The Labute approximate surface area is 165 Å². The van der Waals surface area contributed by atoms with E-state index in [9.17, 15) is 13.2 Å². The minimum atomic E-state index is -4.45. The van der Waals surface area contributed by atoms with Crippen molar-refractivity contribution in [1.82, 2.24) is 9.78 Å². The Morgan fingerprint density at radius 2 is 1.93 bits per heavy atom. The van der Waals surface area contributed by atoms with E-state index in [0.717, 1.165) is 43.5 Å². The summed E-state index contributed by atoms with van der Waals surface area (Å²) in [5.41, 5.74) is 6.28. The fraction of sp³-hybridized carbons (Fsp3) is 0.381. The molecule has 1 atom stereocenters. The number of aryl methyl sites for hydroxylation is 1. The fourth-order valence-electron chi connectivity index (χ4n) is 3.57. The highest BCUT2D eigenvalue weighted by molar-refractivity contribution is 5.74. The van der Waals surface area contributed by atoms with Crippen LogP contribution in [0.1, 0.15) is 37.4 Å². The molecule has 8 heteroatoms. The van der Waals surface area contributed by atoms with Gasteiger partial charge < -0.3 is 10.5 Å². The molecule has 4 nitrogen and oxygen atoms in total. The minimum Gasteiger partial charge on any atom is -0.435 e. The van der Waals surface area contributed by atoms with Crippen LogP contribution >= 0.6 is 0 Å². The number of benzene rings is 1. The average Bonchev–Trinajstić information content (AvgIpc) is 3.37. The number of nitrogens with zero attached hydrogens (tertiary/aromatic N) is 2. The maximum Gasteiger partial charge on any atom is 0.416 e. The van der Waals surface area contributed by atoms with Gasteiger partial charge in [-0.3, -0.25) is 4.68 Å². The molecule has 2 aliphatic carbocycles. The van der Waals surface area contributed by atoms with E-state index in [1.807, 2.05) is 25.2 Å². The fourth-order valence-corrected chi connectivity index (χ4v) is 3.57. The third-order valence-corrected chi connectivity index (χ3v) is 5.47. The third kappa shape index (κ3) is 3.81. The van der Waals surface area contributed by atoms with Crippen LogP contribution in [0.2, 0.25) is 0 Å². The summed E-state index contributed by atoms with van der Waals surface area (Å²) in [5.74, 6) is -0.701. The molecule has 1 unspecified atom stereocenters.